The first-order valence-corrected chi connectivity index (χ1v) is 14.2. The third-order valence-electron chi connectivity index (χ3n) is 6.75. The first-order valence-electron chi connectivity index (χ1n) is 14.2. The standard InChI is InChI=1S/C29H40N6O9/c1-17(2)25(34-22(36)9-5-4-6-15-35-23(37)12-13-24(35)38)27(40)33-20(8-7-14-31-29(30)43)26(39)32-18-10-11-19(28(41)42)21(16-18)44-3/h10-13,16-17,20,25H,4-9,14-15H2,1-3H3,(H,32,39)(H,33,40)(H,34,36)(H,41,42)(H3,30,31,43)/t20-,25-/m0/s1. The van der Waals surface area contributed by atoms with Crippen molar-refractivity contribution in [2.45, 2.75) is 64.5 Å². The Hall–Kier alpha value is -4.95. The summed E-state index contributed by atoms with van der Waals surface area (Å²) in [5.74, 6) is -3.79. The molecule has 2 rings (SSSR count). The van der Waals surface area contributed by atoms with Crippen molar-refractivity contribution in [3.63, 3.8) is 0 Å². The number of primary amides is 1. The predicted molar refractivity (Wildman–Crippen MR) is 158 cm³/mol. The molecule has 240 valence electrons. The Labute approximate surface area is 254 Å². The van der Waals surface area contributed by atoms with Crippen molar-refractivity contribution in [2.75, 3.05) is 25.5 Å². The lowest BCUT2D eigenvalue weighted by Crippen LogP contribution is -2.54. The van der Waals surface area contributed by atoms with Gasteiger partial charge >= 0.3 is 12.0 Å². The fourth-order valence-corrected chi connectivity index (χ4v) is 4.39. The molecule has 0 radical (unpaired) electrons. The van der Waals surface area contributed by atoms with Crippen LogP contribution in [0.2, 0.25) is 0 Å². The number of carboxylic acid groups (broad SMARTS) is 1. The second kappa shape index (κ2) is 17.2. The summed E-state index contributed by atoms with van der Waals surface area (Å²) in [5, 5.41) is 19.7. The van der Waals surface area contributed by atoms with Crippen LogP contribution in [-0.4, -0.2) is 83.8 Å². The minimum Gasteiger partial charge on any atom is -0.496 e. The molecule has 0 unspecified atom stereocenters. The van der Waals surface area contributed by atoms with Crippen molar-refractivity contribution < 1.29 is 43.4 Å². The summed E-state index contributed by atoms with van der Waals surface area (Å²) in [4.78, 5) is 85.9. The average molecular weight is 617 g/mol. The quantitative estimate of drug-likeness (QED) is 0.102. The van der Waals surface area contributed by atoms with Gasteiger partial charge in [-0.2, -0.15) is 0 Å². The molecule has 0 saturated carbocycles. The summed E-state index contributed by atoms with van der Waals surface area (Å²) in [6.45, 7) is 3.89. The predicted octanol–water partition coefficient (Wildman–Crippen LogP) is 0.891. The number of nitrogens with zero attached hydrogens (tertiary/aromatic N) is 1. The molecule has 7 amide bonds. The van der Waals surface area contributed by atoms with E-state index in [9.17, 15) is 38.7 Å². The van der Waals surface area contributed by atoms with Gasteiger partial charge in [-0.15, -0.1) is 0 Å². The van der Waals surface area contributed by atoms with E-state index >= 15 is 0 Å². The van der Waals surface area contributed by atoms with Crippen LogP contribution in [0.25, 0.3) is 0 Å². The number of carbonyl (C=O) groups is 7. The van der Waals surface area contributed by atoms with E-state index in [-0.39, 0.29) is 73.0 Å². The molecular formula is C29H40N6O9. The number of hydrogen-bond donors (Lipinski definition) is 6. The number of rotatable bonds is 18. The molecule has 0 spiro atoms. The minimum absolute atomic E-state index is 0.0270. The maximum atomic E-state index is 13.3. The molecule has 0 aromatic heterocycles. The summed E-state index contributed by atoms with van der Waals surface area (Å²) in [7, 11) is 1.29. The molecule has 15 heteroatoms. The molecule has 1 aromatic rings. The Morgan fingerprint density at radius 3 is 2.23 bits per heavy atom. The van der Waals surface area contributed by atoms with E-state index in [1.54, 1.807) is 13.8 Å². The molecule has 0 aliphatic carbocycles. The zero-order valence-corrected chi connectivity index (χ0v) is 25.0. The molecule has 15 nitrogen and oxygen atoms in total. The third kappa shape index (κ3) is 11.0. The highest BCUT2D eigenvalue weighted by molar-refractivity contribution is 6.12. The molecule has 0 bridgehead atoms. The number of aromatic carboxylic acids is 1. The Morgan fingerprint density at radius 2 is 1.64 bits per heavy atom. The molecule has 44 heavy (non-hydrogen) atoms. The number of carbonyl (C=O) groups excluding carboxylic acids is 6. The fraction of sp³-hybridized carbons (Fsp3) is 0.483. The summed E-state index contributed by atoms with van der Waals surface area (Å²) in [5.41, 5.74) is 5.23. The van der Waals surface area contributed by atoms with Gasteiger partial charge in [-0.05, 0) is 43.7 Å². The number of amides is 7. The summed E-state index contributed by atoms with van der Waals surface area (Å²) >= 11 is 0. The number of benzene rings is 1. The van der Waals surface area contributed by atoms with Crippen molar-refractivity contribution in [3.8, 4) is 5.75 Å². The van der Waals surface area contributed by atoms with Crippen LogP contribution in [0.4, 0.5) is 10.5 Å². The van der Waals surface area contributed by atoms with Crippen LogP contribution in [0.15, 0.2) is 30.4 Å². The second-order valence-electron chi connectivity index (χ2n) is 10.5. The highest BCUT2D eigenvalue weighted by Gasteiger charge is 2.29. The average Bonchev–Trinajstić information content (AvgIpc) is 3.28. The van der Waals surface area contributed by atoms with Gasteiger partial charge in [-0.3, -0.25) is 28.9 Å². The number of nitrogens with two attached hydrogens (primary N) is 1. The Morgan fingerprint density at radius 1 is 0.955 bits per heavy atom. The van der Waals surface area contributed by atoms with Gasteiger partial charge in [0, 0.05) is 43.4 Å². The fourth-order valence-electron chi connectivity index (χ4n) is 4.39. The van der Waals surface area contributed by atoms with E-state index in [0.29, 0.717) is 19.3 Å². The van der Waals surface area contributed by atoms with Crippen molar-refractivity contribution in [2.24, 2.45) is 11.7 Å². The second-order valence-corrected chi connectivity index (χ2v) is 10.5. The summed E-state index contributed by atoms with van der Waals surface area (Å²) in [6.07, 6.45) is 4.54. The van der Waals surface area contributed by atoms with Crippen LogP contribution >= 0.6 is 0 Å². The van der Waals surface area contributed by atoms with Crippen LogP contribution in [0.3, 0.4) is 0 Å². The van der Waals surface area contributed by atoms with Crippen LogP contribution < -0.4 is 31.7 Å². The van der Waals surface area contributed by atoms with Crippen LogP contribution in [0, 0.1) is 5.92 Å². The van der Waals surface area contributed by atoms with E-state index in [2.05, 4.69) is 21.3 Å². The zero-order chi connectivity index (χ0) is 32.8. The first kappa shape index (κ1) is 35.2. The van der Waals surface area contributed by atoms with Gasteiger partial charge in [0.15, 0.2) is 0 Å². The molecule has 1 heterocycles. The van der Waals surface area contributed by atoms with Crippen molar-refractivity contribution >= 4 is 47.2 Å². The lowest BCUT2D eigenvalue weighted by molar-refractivity contribution is -0.137. The van der Waals surface area contributed by atoms with E-state index in [1.165, 1.54) is 37.5 Å². The number of unbranched alkanes of at least 4 members (excludes halogenated alkanes) is 2. The number of hydrogen-bond acceptors (Lipinski definition) is 8. The van der Waals surface area contributed by atoms with Gasteiger partial charge in [0.2, 0.25) is 17.7 Å². The van der Waals surface area contributed by atoms with E-state index in [1.807, 2.05) is 0 Å². The highest BCUT2D eigenvalue weighted by atomic mass is 16.5. The maximum Gasteiger partial charge on any atom is 0.339 e. The van der Waals surface area contributed by atoms with E-state index < -0.39 is 35.9 Å². The Balaban J connectivity index is 2.00. The molecule has 1 aromatic carbocycles. The van der Waals surface area contributed by atoms with Gasteiger partial charge in [0.05, 0.1) is 7.11 Å². The number of carboxylic acids is 1. The molecule has 2 atom stereocenters. The van der Waals surface area contributed by atoms with Gasteiger partial charge in [-0.25, -0.2) is 9.59 Å². The zero-order valence-electron chi connectivity index (χ0n) is 25.0. The van der Waals surface area contributed by atoms with Crippen molar-refractivity contribution in [1.29, 1.82) is 0 Å². The molecule has 0 saturated heterocycles. The van der Waals surface area contributed by atoms with E-state index in [4.69, 9.17) is 10.5 Å². The van der Waals surface area contributed by atoms with Crippen LogP contribution in [0.1, 0.15) is 62.7 Å². The third-order valence-corrected chi connectivity index (χ3v) is 6.75. The Kier molecular flexibility index (Phi) is 13.8. The number of urea groups is 1. The number of nitrogens with one attached hydrogen (secondary N) is 4. The molecular weight excluding hydrogens is 576 g/mol. The van der Waals surface area contributed by atoms with Crippen molar-refractivity contribution in [3.05, 3.63) is 35.9 Å². The SMILES string of the molecule is COc1cc(NC(=O)[C@H](CCCNC(N)=O)NC(=O)[C@@H](NC(=O)CCCCCN2C(=O)C=CC2=O)C(C)C)ccc1C(=O)O. The van der Waals surface area contributed by atoms with Crippen molar-refractivity contribution in [1.82, 2.24) is 20.9 Å². The number of methoxy groups -OCH3 is 1. The largest absolute Gasteiger partial charge is 0.496 e. The molecule has 0 fully saturated rings. The first-order chi connectivity index (χ1) is 20.8. The number of ether oxygens (including phenoxy) is 1. The molecule has 1 aliphatic heterocycles. The minimum atomic E-state index is -1.21. The van der Waals surface area contributed by atoms with Crippen LogP contribution in [0.5, 0.6) is 5.75 Å². The lowest BCUT2D eigenvalue weighted by atomic mass is 10.0. The van der Waals surface area contributed by atoms with Gasteiger partial charge in [-0.1, -0.05) is 20.3 Å². The smallest absolute Gasteiger partial charge is 0.339 e. The monoisotopic (exact) mass is 616 g/mol. The maximum absolute atomic E-state index is 13.3. The topological polar surface area (TPSA) is 226 Å². The Bertz CT molecular complexity index is 1260. The summed E-state index contributed by atoms with van der Waals surface area (Å²) < 4.78 is 5.10. The normalized spacial score (nSPS) is 13.8. The van der Waals surface area contributed by atoms with Gasteiger partial charge < -0.3 is 36.8 Å². The molecule has 1 aliphatic rings. The number of imide groups is 1. The number of anilines is 1. The molecule has 7 N–H and O–H groups in total. The lowest BCUT2D eigenvalue weighted by Gasteiger charge is -2.25. The highest BCUT2D eigenvalue weighted by Crippen LogP contribution is 2.23. The van der Waals surface area contributed by atoms with Gasteiger partial charge in [0.25, 0.3) is 11.8 Å². The van der Waals surface area contributed by atoms with Gasteiger partial charge in [0.1, 0.15) is 23.4 Å². The summed E-state index contributed by atoms with van der Waals surface area (Å²) in [6, 6.07) is 1.22. The van der Waals surface area contributed by atoms with Crippen LogP contribution in [-0.2, 0) is 24.0 Å². The van der Waals surface area contributed by atoms with E-state index in [0.717, 1.165) is 4.90 Å².